The van der Waals surface area contributed by atoms with E-state index in [4.69, 9.17) is 0 Å². The predicted molar refractivity (Wildman–Crippen MR) is 90.8 cm³/mol. The van der Waals surface area contributed by atoms with E-state index in [0.29, 0.717) is 17.1 Å². The molecule has 1 aliphatic rings. The summed E-state index contributed by atoms with van der Waals surface area (Å²) in [4.78, 5) is 23.0. The van der Waals surface area contributed by atoms with E-state index in [9.17, 15) is 13.6 Å². The molecule has 3 rings (SSSR count). The second-order valence-corrected chi connectivity index (χ2v) is 6.18. The van der Waals surface area contributed by atoms with Gasteiger partial charge in [0.2, 0.25) is 5.95 Å². The van der Waals surface area contributed by atoms with Gasteiger partial charge in [-0.2, -0.15) is 0 Å². The summed E-state index contributed by atoms with van der Waals surface area (Å²) in [7, 11) is 0. The van der Waals surface area contributed by atoms with Gasteiger partial charge in [0.15, 0.2) is 11.6 Å². The molecule has 0 bridgehead atoms. The van der Waals surface area contributed by atoms with Crippen LogP contribution in [0.1, 0.15) is 41.9 Å². The first kappa shape index (κ1) is 17.3. The van der Waals surface area contributed by atoms with Gasteiger partial charge in [0.1, 0.15) is 5.69 Å². The third-order valence-electron chi connectivity index (χ3n) is 4.14. The van der Waals surface area contributed by atoms with Crippen molar-refractivity contribution in [2.45, 2.75) is 32.6 Å². The third kappa shape index (κ3) is 4.29. The van der Waals surface area contributed by atoms with Gasteiger partial charge in [0, 0.05) is 30.5 Å². The van der Waals surface area contributed by atoms with Crippen LogP contribution in [-0.2, 0) is 0 Å². The lowest BCUT2D eigenvalue weighted by atomic mass is 10.2. The van der Waals surface area contributed by atoms with Gasteiger partial charge in [-0.15, -0.1) is 0 Å². The molecule has 1 N–H and O–H groups in total. The number of hydrogen-bond donors (Lipinski definition) is 1. The minimum absolute atomic E-state index is 0.124. The molecule has 25 heavy (non-hydrogen) atoms. The molecule has 1 amide bonds. The molecule has 2 aromatic rings. The maximum Gasteiger partial charge on any atom is 0.272 e. The van der Waals surface area contributed by atoms with Crippen molar-refractivity contribution < 1.29 is 13.6 Å². The molecule has 7 heteroatoms. The molecule has 0 atom stereocenters. The van der Waals surface area contributed by atoms with Crippen LogP contribution in [0.15, 0.2) is 24.3 Å². The number of anilines is 2. The Morgan fingerprint density at radius 3 is 2.44 bits per heavy atom. The zero-order chi connectivity index (χ0) is 17.8. The van der Waals surface area contributed by atoms with E-state index in [2.05, 4.69) is 15.3 Å². The molecule has 1 saturated heterocycles. The topological polar surface area (TPSA) is 58.1 Å². The molecule has 1 aromatic carbocycles. The van der Waals surface area contributed by atoms with Crippen molar-refractivity contribution in [3.05, 3.63) is 47.3 Å². The van der Waals surface area contributed by atoms with Crippen molar-refractivity contribution in [3.8, 4) is 0 Å². The number of likely N-dealkylation sites (tertiary alicyclic amines) is 1. The minimum atomic E-state index is -0.960. The fourth-order valence-electron chi connectivity index (χ4n) is 2.87. The summed E-state index contributed by atoms with van der Waals surface area (Å²) in [5.41, 5.74) is 1.25. The van der Waals surface area contributed by atoms with Crippen LogP contribution >= 0.6 is 0 Å². The van der Waals surface area contributed by atoms with Gasteiger partial charge < -0.3 is 10.2 Å². The van der Waals surface area contributed by atoms with Crippen LogP contribution in [0.3, 0.4) is 0 Å². The van der Waals surface area contributed by atoms with Crippen molar-refractivity contribution in [1.29, 1.82) is 0 Å². The first-order chi connectivity index (χ1) is 12.0. The highest BCUT2D eigenvalue weighted by Gasteiger charge is 2.19. The summed E-state index contributed by atoms with van der Waals surface area (Å²) in [5.74, 6) is -1.82. The molecule has 0 aliphatic carbocycles. The fourth-order valence-corrected chi connectivity index (χ4v) is 2.87. The number of aromatic nitrogens is 2. The smallest absolute Gasteiger partial charge is 0.272 e. The first-order valence-electron chi connectivity index (χ1n) is 8.40. The Morgan fingerprint density at radius 1 is 1.04 bits per heavy atom. The van der Waals surface area contributed by atoms with Gasteiger partial charge in [-0.3, -0.25) is 4.79 Å². The van der Waals surface area contributed by atoms with Gasteiger partial charge in [0.05, 0.1) is 0 Å². The van der Waals surface area contributed by atoms with Gasteiger partial charge in [-0.25, -0.2) is 18.7 Å². The highest BCUT2D eigenvalue weighted by molar-refractivity contribution is 5.92. The Hall–Kier alpha value is -2.57. The van der Waals surface area contributed by atoms with Gasteiger partial charge >= 0.3 is 0 Å². The maximum atomic E-state index is 13.3. The van der Waals surface area contributed by atoms with E-state index in [1.54, 1.807) is 13.0 Å². The number of carbonyl (C=O) groups is 1. The van der Waals surface area contributed by atoms with Crippen LogP contribution in [-0.4, -0.2) is 33.9 Å². The maximum absolute atomic E-state index is 13.3. The molecule has 1 aliphatic heterocycles. The summed E-state index contributed by atoms with van der Waals surface area (Å²) in [6.45, 7) is 3.22. The number of hydrogen-bond acceptors (Lipinski definition) is 4. The Labute approximate surface area is 145 Å². The second-order valence-electron chi connectivity index (χ2n) is 6.18. The summed E-state index contributed by atoms with van der Waals surface area (Å²) >= 11 is 0. The average Bonchev–Trinajstić information content (AvgIpc) is 2.86. The number of amides is 1. The van der Waals surface area contributed by atoms with Crippen LogP contribution in [0.5, 0.6) is 0 Å². The standard InChI is InChI=1S/C18H20F2N4O/c1-12-10-16(17(25)24-8-4-2-3-5-9-24)23-18(21-12)22-13-6-7-14(19)15(20)11-13/h6-7,10-11H,2-5,8-9H2,1H3,(H,21,22,23). The van der Waals surface area contributed by atoms with E-state index < -0.39 is 11.6 Å². The summed E-state index contributed by atoms with van der Waals surface area (Å²) in [5, 5.41) is 2.82. The molecule has 5 nitrogen and oxygen atoms in total. The van der Waals surface area contributed by atoms with Crippen molar-refractivity contribution >= 4 is 17.5 Å². The van der Waals surface area contributed by atoms with E-state index in [0.717, 1.165) is 50.9 Å². The zero-order valence-corrected chi connectivity index (χ0v) is 14.1. The average molecular weight is 346 g/mol. The quantitative estimate of drug-likeness (QED) is 0.918. The molecule has 2 heterocycles. The zero-order valence-electron chi connectivity index (χ0n) is 14.1. The lowest BCUT2D eigenvalue weighted by Gasteiger charge is -2.20. The Bertz CT molecular complexity index is 774. The predicted octanol–water partition coefficient (Wildman–Crippen LogP) is 3.82. The first-order valence-corrected chi connectivity index (χ1v) is 8.40. The SMILES string of the molecule is Cc1cc(C(=O)N2CCCCCC2)nc(Nc2ccc(F)c(F)c2)n1. The Kier molecular flexibility index (Phi) is 5.21. The van der Waals surface area contributed by atoms with Gasteiger partial charge in [-0.1, -0.05) is 12.8 Å². The molecular formula is C18H20F2N4O. The number of halogens is 2. The third-order valence-corrected chi connectivity index (χ3v) is 4.14. The number of nitrogens with zero attached hydrogens (tertiary/aromatic N) is 3. The molecule has 0 spiro atoms. The number of rotatable bonds is 3. The number of aryl methyl sites for hydroxylation is 1. The molecule has 132 valence electrons. The largest absolute Gasteiger partial charge is 0.337 e. The number of carbonyl (C=O) groups excluding carboxylic acids is 1. The van der Waals surface area contributed by atoms with Crippen LogP contribution < -0.4 is 5.32 Å². The van der Waals surface area contributed by atoms with Crippen molar-refractivity contribution in [1.82, 2.24) is 14.9 Å². The van der Waals surface area contributed by atoms with E-state index >= 15 is 0 Å². The van der Waals surface area contributed by atoms with Crippen molar-refractivity contribution in [3.63, 3.8) is 0 Å². The van der Waals surface area contributed by atoms with Gasteiger partial charge in [0.25, 0.3) is 5.91 Å². The molecular weight excluding hydrogens is 326 g/mol. The van der Waals surface area contributed by atoms with Crippen LogP contribution in [0.25, 0.3) is 0 Å². The summed E-state index contributed by atoms with van der Waals surface area (Å²) < 4.78 is 26.4. The summed E-state index contributed by atoms with van der Waals surface area (Å²) in [6.07, 6.45) is 4.26. The van der Waals surface area contributed by atoms with Crippen LogP contribution in [0.4, 0.5) is 20.4 Å². The molecule has 0 unspecified atom stereocenters. The molecule has 1 fully saturated rings. The Morgan fingerprint density at radius 2 is 1.76 bits per heavy atom. The van der Waals surface area contributed by atoms with Crippen molar-refractivity contribution in [2.75, 3.05) is 18.4 Å². The molecule has 0 radical (unpaired) electrons. The minimum Gasteiger partial charge on any atom is -0.337 e. The van der Waals surface area contributed by atoms with E-state index in [1.165, 1.54) is 6.07 Å². The fraction of sp³-hybridized carbons (Fsp3) is 0.389. The highest BCUT2D eigenvalue weighted by atomic mass is 19.2. The summed E-state index contributed by atoms with van der Waals surface area (Å²) in [6, 6.07) is 5.08. The molecule has 0 saturated carbocycles. The normalized spacial score (nSPS) is 14.9. The highest BCUT2D eigenvalue weighted by Crippen LogP contribution is 2.18. The van der Waals surface area contributed by atoms with E-state index in [-0.39, 0.29) is 11.9 Å². The van der Waals surface area contributed by atoms with Gasteiger partial charge in [-0.05, 0) is 38.0 Å². The lowest BCUT2D eigenvalue weighted by Crippen LogP contribution is -2.32. The van der Waals surface area contributed by atoms with Crippen molar-refractivity contribution in [2.24, 2.45) is 0 Å². The Balaban J connectivity index is 1.82. The monoisotopic (exact) mass is 346 g/mol. The molecule has 1 aromatic heterocycles. The second kappa shape index (κ2) is 7.55. The van der Waals surface area contributed by atoms with E-state index in [1.807, 2.05) is 4.90 Å². The lowest BCUT2D eigenvalue weighted by molar-refractivity contribution is 0.0755. The van der Waals surface area contributed by atoms with Crippen LogP contribution in [0.2, 0.25) is 0 Å². The number of nitrogens with one attached hydrogen (secondary N) is 1. The number of benzene rings is 1. The van der Waals surface area contributed by atoms with Crippen LogP contribution in [0, 0.1) is 18.6 Å².